The molecule has 0 atom stereocenters. The highest BCUT2D eigenvalue weighted by molar-refractivity contribution is 5.96. The van der Waals surface area contributed by atoms with E-state index >= 15 is 0 Å². The molecule has 2 rings (SSSR count). The third-order valence-corrected chi connectivity index (χ3v) is 3.07. The molecular formula is C16H15N3O2. The molecule has 1 amide bonds. The minimum atomic E-state index is -0.589. The SMILES string of the molecule is Cc1cc(C#N)cc(C)c1Oc1cc(N)ccc1C(N)=O. The van der Waals surface area contributed by atoms with E-state index in [1.54, 1.807) is 24.3 Å². The molecule has 5 nitrogen and oxygen atoms in total. The fourth-order valence-corrected chi connectivity index (χ4v) is 2.11. The van der Waals surface area contributed by atoms with Crippen LogP contribution in [-0.4, -0.2) is 5.91 Å². The fourth-order valence-electron chi connectivity index (χ4n) is 2.11. The van der Waals surface area contributed by atoms with Crippen molar-refractivity contribution in [2.45, 2.75) is 13.8 Å². The van der Waals surface area contributed by atoms with Gasteiger partial charge >= 0.3 is 0 Å². The van der Waals surface area contributed by atoms with Gasteiger partial charge in [0.05, 0.1) is 17.2 Å². The fraction of sp³-hybridized carbons (Fsp3) is 0.125. The zero-order valence-corrected chi connectivity index (χ0v) is 11.8. The predicted molar refractivity (Wildman–Crippen MR) is 80.1 cm³/mol. The number of aryl methyl sites for hydroxylation is 2. The normalized spacial score (nSPS) is 9.95. The molecule has 0 fully saturated rings. The van der Waals surface area contributed by atoms with Crippen LogP contribution in [-0.2, 0) is 0 Å². The van der Waals surface area contributed by atoms with E-state index in [9.17, 15) is 4.79 Å². The predicted octanol–water partition coefficient (Wildman–Crippen LogP) is 2.65. The van der Waals surface area contributed by atoms with E-state index in [0.717, 1.165) is 11.1 Å². The lowest BCUT2D eigenvalue weighted by atomic mass is 10.1. The smallest absolute Gasteiger partial charge is 0.252 e. The Bertz CT molecular complexity index is 738. The van der Waals surface area contributed by atoms with Crippen molar-refractivity contribution in [3.8, 4) is 17.6 Å². The van der Waals surface area contributed by atoms with Crippen LogP contribution < -0.4 is 16.2 Å². The average molecular weight is 281 g/mol. The Hall–Kier alpha value is -3.00. The summed E-state index contributed by atoms with van der Waals surface area (Å²) in [7, 11) is 0. The van der Waals surface area contributed by atoms with Gasteiger partial charge in [-0.25, -0.2) is 0 Å². The van der Waals surface area contributed by atoms with Crippen LogP contribution in [0.4, 0.5) is 5.69 Å². The van der Waals surface area contributed by atoms with Crippen LogP contribution in [0.5, 0.6) is 11.5 Å². The molecule has 21 heavy (non-hydrogen) atoms. The summed E-state index contributed by atoms with van der Waals surface area (Å²) in [6.45, 7) is 3.67. The van der Waals surface area contributed by atoms with Crippen molar-refractivity contribution in [1.29, 1.82) is 5.26 Å². The van der Waals surface area contributed by atoms with E-state index < -0.39 is 5.91 Å². The van der Waals surface area contributed by atoms with Gasteiger partial charge in [-0.1, -0.05) is 0 Å². The number of nitrogen functional groups attached to an aromatic ring is 1. The van der Waals surface area contributed by atoms with Crippen LogP contribution in [0.25, 0.3) is 0 Å². The first-order valence-corrected chi connectivity index (χ1v) is 6.31. The van der Waals surface area contributed by atoms with Gasteiger partial charge in [0.1, 0.15) is 11.5 Å². The Balaban J connectivity index is 2.51. The minimum absolute atomic E-state index is 0.257. The summed E-state index contributed by atoms with van der Waals surface area (Å²) in [5, 5.41) is 8.95. The number of nitrogens with zero attached hydrogens (tertiary/aromatic N) is 1. The summed E-state index contributed by atoms with van der Waals surface area (Å²) in [6, 6.07) is 10.2. The third kappa shape index (κ3) is 2.95. The number of ether oxygens (including phenoxy) is 1. The number of primary amides is 1. The molecule has 2 aromatic rings. The quantitative estimate of drug-likeness (QED) is 0.844. The number of carbonyl (C=O) groups is 1. The van der Waals surface area contributed by atoms with E-state index in [0.29, 0.717) is 22.7 Å². The molecule has 4 N–H and O–H groups in total. The molecule has 0 spiro atoms. The highest BCUT2D eigenvalue weighted by Crippen LogP contribution is 2.32. The second-order valence-electron chi connectivity index (χ2n) is 4.77. The van der Waals surface area contributed by atoms with Crippen LogP contribution in [0.2, 0.25) is 0 Å². The second-order valence-corrected chi connectivity index (χ2v) is 4.77. The third-order valence-electron chi connectivity index (χ3n) is 3.07. The van der Waals surface area contributed by atoms with Crippen molar-refractivity contribution >= 4 is 11.6 Å². The lowest BCUT2D eigenvalue weighted by molar-refractivity contribution is 0.0998. The topological polar surface area (TPSA) is 102 Å². The number of rotatable bonds is 3. The van der Waals surface area contributed by atoms with E-state index in [1.807, 2.05) is 13.8 Å². The summed E-state index contributed by atoms with van der Waals surface area (Å²) >= 11 is 0. The van der Waals surface area contributed by atoms with Crippen molar-refractivity contribution in [3.05, 3.63) is 52.6 Å². The highest BCUT2D eigenvalue weighted by atomic mass is 16.5. The Labute approximate surface area is 122 Å². The van der Waals surface area contributed by atoms with Gasteiger partial charge in [-0.15, -0.1) is 0 Å². The molecule has 0 aliphatic rings. The van der Waals surface area contributed by atoms with Crippen molar-refractivity contribution in [3.63, 3.8) is 0 Å². The molecule has 0 saturated heterocycles. The van der Waals surface area contributed by atoms with Gasteiger partial charge in [-0.3, -0.25) is 4.79 Å². The van der Waals surface area contributed by atoms with Crippen LogP contribution >= 0.6 is 0 Å². The lowest BCUT2D eigenvalue weighted by Crippen LogP contribution is -2.12. The van der Waals surface area contributed by atoms with Gasteiger partial charge in [0.15, 0.2) is 0 Å². The Kier molecular flexibility index (Phi) is 3.81. The summed E-state index contributed by atoms with van der Waals surface area (Å²) in [5.41, 5.74) is 13.9. The average Bonchev–Trinajstić information content (AvgIpc) is 2.42. The molecule has 0 aliphatic heterocycles. The molecule has 0 unspecified atom stereocenters. The first-order chi connectivity index (χ1) is 9.92. The van der Waals surface area contributed by atoms with Crippen molar-refractivity contribution < 1.29 is 9.53 Å². The second kappa shape index (κ2) is 5.55. The Morgan fingerprint density at radius 1 is 1.19 bits per heavy atom. The highest BCUT2D eigenvalue weighted by Gasteiger charge is 2.14. The number of anilines is 1. The zero-order valence-electron chi connectivity index (χ0n) is 11.8. The molecule has 5 heteroatoms. The maximum absolute atomic E-state index is 11.5. The van der Waals surface area contributed by atoms with E-state index in [1.165, 1.54) is 6.07 Å². The Morgan fingerprint density at radius 3 is 2.33 bits per heavy atom. The standard InChI is InChI=1S/C16H15N3O2/c1-9-5-11(8-17)6-10(2)15(9)21-14-7-12(18)3-4-13(14)16(19)20/h3-7H,18H2,1-2H3,(H2,19,20). The number of hydrogen-bond acceptors (Lipinski definition) is 4. The number of amides is 1. The molecule has 2 aromatic carbocycles. The summed E-state index contributed by atoms with van der Waals surface area (Å²) in [5.74, 6) is 0.300. The minimum Gasteiger partial charge on any atom is -0.456 e. The molecule has 0 saturated carbocycles. The lowest BCUT2D eigenvalue weighted by Gasteiger charge is -2.14. The van der Waals surface area contributed by atoms with Gasteiger partial charge in [0.25, 0.3) is 5.91 Å². The maximum Gasteiger partial charge on any atom is 0.252 e. The molecule has 106 valence electrons. The summed E-state index contributed by atoms with van der Waals surface area (Å²) in [4.78, 5) is 11.5. The Morgan fingerprint density at radius 2 is 1.81 bits per heavy atom. The van der Waals surface area contributed by atoms with Gasteiger partial charge in [0.2, 0.25) is 0 Å². The number of carbonyl (C=O) groups excluding carboxylic acids is 1. The van der Waals surface area contributed by atoms with Gasteiger partial charge in [-0.05, 0) is 49.2 Å². The maximum atomic E-state index is 11.5. The first kappa shape index (κ1) is 14.4. The van der Waals surface area contributed by atoms with E-state index in [4.69, 9.17) is 21.5 Å². The summed E-state index contributed by atoms with van der Waals surface area (Å²) < 4.78 is 5.82. The van der Waals surface area contributed by atoms with E-state index in [2.05, 4.69) is 6.07 Å². The van der Waals surface area contributed by atoms with Gasteiger partial charge in [-0.2, -0.15) is 5.26 Å². The molecule has 0 heterocycles. The van der Waals surface area contributed by atoms with Crippen LogP contribution in [0, 0.1) is 25.2 Å². The van der Waals surface area contributed by atoms with Crippen LogP contribution in [0.15, 0.2) is 30.3 Å². The molecular weight excluding hydrogens is 266 g/mol. The van der Waals surface area contributed by atoms with Gasteiger partial charge in [0, 0.05) is 11.8 Å². The number of hydrogen-bond donors (Lipinski definition) is 2. The van der Waals surface area contributed by atoms with Crippen molar-refractivity contribution in [1.82, 2.24) is 0 Å². The summed E-state index contributed by atoms with van der Waals surface area (Å²) in [6.07, 6.45) is 0. The largest absolute Gasteiger partial charge is 0.456 e. The molecule has 0 radical (unpaired) electrons. The van der Waals surface area contributed by atoms with Gasteiger partial charge < -0.3 is 16.2 Å². The number of benzene rings is 2. The monoisotopic (exact) mass is 281 g/mol. The zero-order chi connectivity index (χ0) is 15.6. The molecule has 0 aliphatic carbocycles. The first-order valence-electron chi connectivity index (χ1n) is 6.31. The van der Waals surface area contributed by atoms with Crippen LogP contribution in [0.1, 0.15) is 27.0 Å². The molecule has 0 bridgehead atoms. The number of nitriles is 1. The van der Waals surface area contributed by atoms with Crippen molar-refractivity contribution in [2.24, 2.45) is 5.73 Å². The van der Waals surface area contributed by atoms with Crippen molar-refractivity contribution in [2.75, 3.05) is 5.73 Å². The van der Waals surface area contributed by atoms with Crippen LogP contribution in [0.3, 0.4) is 0 Å². The molecule has 0 aromatic heterocycles. The number of nitrogens with two attached hydrogens (primary N) is 2. The van der Waals surface area contributed by atoms with E-state index in [-0.39, 0.29) is 5.56 Å².